The van der Waals surface area contributed by atoms with Crippen molar-refractivity contribution < 1.29 is 19.7 Å². The number of aryl methyl sites for hydroxylation is 1. The molecule has 2 unspecified atom stereocenters. The highest BCUT2D eigenvalue weighted by atomic mass is 16.5. The molecule has 0 bridgehead atoms. The molecule has 2 N–H and O–H groups in total. The lowest BCUT2D eigenvalue weighted by Gasteiger charge is -2.37. The van der Waals surface area contributed by atoms with Crippen LogP contribution in [-0.2, 0) is 11.2 Å². The van der Waals surface area contributed by atoms with Crippen LogP contribution in [0.4, 0.5) is 0 Å². The van der Waals surface area contributed by atoms with E-state index >= 15 is 0 Å². The van der Waals surface area contributed by atoms with Crippen LogP contribution in [0.15, 0.2) is 29.4 Å². The van der Waals surface area contributed by atoms with Gasteiger partial charge in [0.25, 0.3) is 0 Å². The molecule has 0 fully saturated rings. The van der Waals surface area contributed by atoms with Crippen LogP contribution in [0, 0.1) is 19.8 Å². The molecule has 0 radical (unpaired) electrons. The molecule has 178 valence electrons. The minimum absolute atomic E-state index is 0.165. The van der Waals surface area contributed by atoms with E-state index < -0.39 is 5.97 Å². The summed E-state index contributed by atoms with van der Waals surface area (Å²) >= 11 is 0. The first-order chi connectivity index (χ1) is 15.0. The molecule has 4 heteroatoms. The van der Waals surface area contributed by atoms with Gasteiger partial charge in [-0.2, -0.15) is 0 Å². The van der Waals surface area contributed by atoms with E-state index in [4.69, 9.17) is 9.84 Å². The van der Waals surface area contributed by atoms with Crippen LogP contribution in [0.3, 0.4) is 0 Å². The Bertz CT molecular complexity index is 865. The van der Waals surface area contributed by atoms with E-state index in [1.165, 1.54) is 11.1 Å². The van der Waals surface area contributed by atoms with Gasteiger partial charge in [-0.15, -0.1) is 0 Å². The standard InChI is InChI=1S/C28H42O4/c1-19(12-8-14-21(3)27(30)31)10-7-11-20(2)13-9-16-28(6)17-15-24-18-25(29)22(4)23(5)26(24)32-28/h10,13,18,21,29H,7-9,11-12,14-17H2,1-6H3,(H,30,31)/b19-10+,20-13+. The summed E-state index contributed by atoms with van der Waals surface area (Å²) in [5.74, 6) is 0.379. The monoisotopic (exact) mass is 442 g/mol. The summed E-state index contributed by atoms with van der Waals surface area (Å²) < 4.78 is 6.46. The Balaban J connectivity index is 1.78. The van der Waals surface area contributed by atoms with Gasteiger partial charge in [0, 0.05) is 0 Å². The second-order valence-corrected chi connectivity index (χ2v) is 10.00. The molecule has 32 heavy (non-hydrogen) atoms. The summed E-state index contributed by atoms with van der Waals surface area (Å²) in [6.45, 7) is 12.3. The van der Waals surface area contributed by atoms with Gasteiger partial charge >= 0.3 is 5.97 Å². The van der Waals surface area contributed by atoms with Gasteiger partial charge in [-0.05, 0) is 115 Å². The Morgan fingerprint density at radius 2 is 1.81 bits per heavy atom. The lowest BCUT2D eigenvalue weighted by molar-refractivity contribution is -0.141. The van der Waals surface area contributed by atoms with Crippen LogP contribution >= 0.6 is 0 Å². The van der Waals surface area contributed by atoms with E-state index in [0.717, 1.165) is 80.2 Å². The number of hydrogen-bond donors (Lipinski definition) is 2. The number of benzene rings is 1. The zero-order chi connectivity index (χ0) is 23.9. The summed E-state index contributed by atoms with van der Waals surface area (Å²) in [4.78, 5) is 10.9. The Labute approximate surface area is 194 Å². The van der Waals surface area contributed by atoms with Crippen molar-refractivity contribution in [2.75, 3.05) is 0 Å². The molecule has 0 spiro atoms. The van der Waals surface area contributed by atoms with E-state index in [1.54, 1.807) is 6.92 Å². The third kappa shape index (κ3) is 7.43. The molecule has 0 aromatic heterocycles. The largest absolute Gasteiger partial charge is 0.508 e. The first-order valence-corrected chi connectivity index (χ1v) is 12.1. The number of aliphatic carboxylic acids is 1. The number of allylic oxidation sites excluding steroid dienone is 4. The van der Waals surface area contributed by atoms with Crippen LogP contribution in [0.5, 0.6) is 11.5 Å². The van der Waals surface area contributed by atoms with E-state index in [1.807, 2.05) is 19.9 Å². The minimum atomic E-state index is -0.700. The van der Waals surface area contributed by atoms with Gasteiger partial charge in [0.2, 0.25) is 0 Å². The van der Waals surface area contributed by atoms with Gasteiger partial charge in [0.15, 0.2) is 0 Å². The summed E-state index contributed by atoms with van der Waals surface area (Å²) in [5.41, 5.74) is 5.68. The van der Waals surface area contributed by atoms with Gasteiger partial charge < -0.3 is 14.9 Å². The Hall–Kier alpha value is -2.23. The highest BCUT2D eigenvalue weighted by Crippen LogP contribution is 2.41. The maximum Gasteiger partial charge on any atom is 0.306 e. The number of rotatable bonds is 11. The molecule has 1 aliphatic heterocycles. The number of phenolic OH excluding ortho intramolecular Hbond substituents is 1. The van der Waals surface area contributed by atoms with Gasteiger partial charge in [-0.1, -0.05) is 30.2 Å². The second-order valence-electron chi connectivity index (χ2n) is 10.00. The molecular formula is C28H42O4. The van der Waals surface area contributed by atoms with Crippen LogP contribution in [0.2, 0.25) is 0 Å². The predicted molar refractivity (Wildman–Crippen MR) is 132 cm³/mol. The maximum atomic E-state index is 10.9. The smallest absolute Gasteiger partial charge is 0.306 e. The fourth-order valence-corrected chi connectivity index (χ4v) is 4.33. The number of hydrogen-bond acceptors (Lipinski definition) is 3. The molecule has 0 amide bonds. The molecule has 1 heterocycles. The normalized spacial score (nSPS) is 19.9. The minimum Gasteiger partial charge on any atom is -0.508 e. The number of carboxylic acid groups (broad SMARTS) is 1. The van der Waals surface area contributed by atoms with Gasteiger partial charge in [-0.25, -0.2) is 0 Å². The van der Waals surface area contributed by atoms with Crippen molar-refractivity contribution in [2.45, 2.75) is 105 Å². The van der Waals surface area contributed by atoms with Crippen LogP contribution in [0.1, 0.15) is 95.8 Å². The predicted octanol–water partition coefficient (Wildman–Crippen LogP) is 7.44. The first-order valence-electron chi connectivity index (χ1n) is 12.1. The average Bonchev–Trinajstić information content (AvgIpc) is 2.72. The molecular weight excluding hydrogens is 400 g/mol. The third-order valence-corrected chi connectivity index (χ3v) is 6.99. The Kier molecular flexibility index (Phi) is 9.42. The third-order valence-electron chi connectivity index (χ3n) is 6.99. The molecule has 2 atom stereocenters. The van der Waals surface area contributed by atoms with Gasteiger partial charge in [0.05, 0.1) is 5.92 Å². The molecule has 2 rings (SSSR count). The highest BCUT2D eigenvalue weighted by Gasteiger charge is 2.32. The van der Waals surface area contributed by atoms with Crippen molar-refractivity contribution in [3.63, 3.8) is 0 Å². The van der Waals surface area contributed by atoms with Crippen molar-refractivity contribution in [1.29, 1.82) is 0 Å². The molecule has 1 aromatic rings. The molecule has 0 aliphatic carbocycles. The molecule has 0 saturated carbocycles. The van der Waals surface area contributed by atoms with E-state index in [-0.39, 0.29) is 11.5 Å². The zero-order valence-corrected chi connectivity index (χ0v) is 20.9. The summed E-state index contributed by atoms with van der Waals surface area (Å²) in [6, 6.07) is 1.86. The first kappa shape index (κ1) is 26.0. The number of phenols is 1. The number of fused-ring (bicyclic) bond motifs is 1. The number of aromatic hydroxyl groups is 1. The average molecular weight is 443 g/mol. The number of carboxylic acids is 1. The Morgan fingerprint density at radius 3 is 2.50 bits per heavy atom. The number of ether oxygens (including phenoxy) is 1. The SMILES string of the molecule is C/C(=C\CCC1(C)CCc2cc(O)c(C)c(C)c2O1)CC/C=C(\C)CCCC(C)C(=O)O. The highest BCUT2D eigenvalue weighted by molar-refractivity contribution is 5.69. The lowest BCUT2D eigenvalue weighted by Crippen LogP contribution is -2.36. The summed E-state index contributed by atoms with van der Waals surface area (Å²) in [7, 11) is 0. The zero-order valence-electron chi connectivity index (χ0n) is 20.9. The maximum absolute atomic E-state index is 10.9. The fourth-order valence-electron chi connectivity index (χ4n) is 4.33. The summed E-state index contributed by atoms with van der Waals surface area (Å²) in [6.07, 6.45) is 13.3. The summed E-state index contributed by atoms with van der Waals surface area (Å²) in [5, 5.41) is 19.0. The van der Waals surface area contributed by atoms with Crippen LogP contribution in [0.25, 0.3) is 0 Å². The van der Waals surface area contributed by atoms with Crippen molar-refractivity contribution in [3.05, 3.63) is 46.1 Å². The second kappa shape index (κ2) is 11.6. The Morgan fingerprint density at radius 1 is 1.16 bits per heavy atom. The van der Waals surface area contributed by atoms with Crippen LogP contribution in [-0.4, -0.2) is 21.8 Å². The lowest BCUT2D eigenvalue weighted by atomic mass is 9.87. The van der Waals surface area contributed by atoms with E-state index in [0.29, 0.717) is 5.75 Å². The molecule has 0 saturated heterocycles. The van der Waals surface area contributed by atoms with E-state index in [2.05, 4.69) is 32.9 Å². The topological polar surface area (TPSA) is 66.8 Å². The molecule has 4 nitrogen and oxygen atoms in total. The number of carbonyl (C=O) groups is 1. The quantitative estimate of drug-likeness (QED) is 0.350. The van der Waals surface area contributed by atoms with Crippen molar-refractivity contribution in [3.8, 4) is 11.5 Å². The van der Waals surface area contributed by atoms with Crippen molar-refractivity contribution in [2.24, 2.45) is 5.92 Å². The van der Waals surface area contributed by atoms with Crippen molar-refractivity contribution >= 4 is 5.97 Å². The van der Waals surface area contributed by atoms with Crippen molar-refractivity contribution in [1.82, 2.24) is 0 Å². The van der Waals surface area contributed by atoms with Gasteiger partial charge in [-0.3, -0.25) is 4.79 Å². The van der Waals surface area contributed by atoms with E-state index in [9.17, 15) is 9.90 Å². The van der Waals surface area contributed by atoms with Crippen LogP contribution < -0.4 is 4.74 Å². The molecule has 1 aliphatic rings. The molecule has 1 aromatic carbocycles. The van der Waals surface area contributed by atoms with Gasteiger partial charge in [0.1, 0.15) is 17.1 Å². The fraction of sp³-hybridized carbons (Fsp3) is 0.607.